The van der Waals surface area contributed by atoms with Gasteiger partial charge in [0.15, 0.2) is 12.0 Å². The van der Waals surface area contributed by atoms with Crippen LogP contribution < -0.4 is 4.74 Å². The van der Waals surface area contributed by atoms with E-state index in [9.17, 15) is 9.90 Å². The van der Waals surface area contributed by atoms with E-state index in [0.717, 1.165) is 50.0 Å². The number of rotatable bonds is 11. The van der Waals surface area contributed by atoms with Gasteiger partial charge in [-0.05, 0) is 74.6 Å². The topological polar surface area (TPSA) is 71.9 Å². The molecule has 0 bridgehead atoms. The zero-order chi connectivity index (χ0) is 27.1. The molecule has 3 aromatic rings. The summed E-state index contributed by atoms with van der Waals surface area (Å²) in [6.45, 7) is 7.29. The first kappa shape index (κ1) is 28.1. The number of likely N-dealkylation sites (tertiary alicyclic amines) is 1. The van der Waals surface area contributed by atoms with Crippen molar-refractivity contribution >= 4 is 17.4 Å². The molecule has 1 aliphatic heterocycles. The number of carbonyl (C=O) groups excluding carboxylic acids is 1. The first-order valence-electron chi connectivity index (χ1n) is 13.5. The molecular weight excluding hydrogens is 500 g/mol. The third-order valence-corrected chi connectivity index (χ3v) is 7.32. The fourth-order valence-electron chi connectivity index (χ4n) is 5.05. The SMILES string of the molecule is CCCc1c(OC(CC)N2CCC(OC(c3ccc(Cl)cc3)c3ccccn3)CC2)ccc(C(C)=O)c1O. The van der Waals surface area contributed by atoms with Crippen LogP contribution in [0.15, 0.2) is 60.8 Å². The summed E-state index contributed by atoms with van der Waals surface area (Å²) in [6, 6.07) is 17.1. The highest BCUT2D eigenvalue weighted by atomic mass is 35.5. The molecule has 0 spiro atoms. The number of hydrogen-bond acceptors (Lipinski definition) is 6. The lowest BCUT2D eigenvalue weighted by atomic mass is 10.0. The van der Waals surface area contributed by atoms with E-state index in [1.54, 1.807) is 12.3 Å². The molecule has 1 aliphatic rings. The van der Waals surface area contributed by atoms with Gasteiger partial charge in [0.2, 0.25) is 0 Å². The minimum atomic E-state index is -0.261. The van der Waals surface area contributed by atoms with Gasteiger partial charge in [-0.1, -0.05) is 50.1 Å². The van der Waals surface area contributed by atoms with Gasteiger partial charge in [-0.2, -0.15) is 0 Å². The molecule has 6 nitrogen and oxygen atoms in total. The predicted molar refractivity (Wildman–Crippen MR) is 150 cm³/mol. The Morgan fingerprint density at radius 2 is 1.84 bits per heavy atom. The Kier molecular flexibility index (Phi) is 9.78. The normalized spacial score (nSPS) is 16.2. The molecule has 7 heteroatoms. The number of ether oxygens (including phenoxy) is 2. The summed E-state index contributed by atoms with van der Waals surface area (Å²) in [6.07, 6.45) is 5.51. The van der Waals surface area contributed by atoms with E-state index in [-0.39, 0.29) is 30.0 Å². The van der Waals surface area contributed by atoms with Crippen molar-refractivity contribution in [1.29, 1.82) is 0 Å². The molecule has 2 atom stereocenters. The molecule has 0 amide bonds. The average molecular weight is 537 g/mol. The zero-order valence-electron chi connectivity index (χ0n) is 22.4. The van der Waals surface area contributed by atoms with Crippen LogP contribution in [-0.4, -0.2) is 46.2 Å². The second-order valence-corrected chi connectivity index (χ2v) is 10.2. The van der Waals surface area contributed by atoms with Crippen molar-refractivity contribution in [3.63, 3.8) is 0 Å². The lowest BCUT2D eigenvalue weighted by Crippen LogP contribution is -2.46. The molecule has 0 radical (unpaired) electrons. The standard InChI is InChI=1S/C31H37ClN2O4/c1-4-8-26-28(15-14-25(21(3)35)30(26)36)38-29(5-2)34-19-16-24(17-20-34)37-31(27-9-6-7-18-33-27)22-10-12-23(32)13-11-22/h6-7,9-15,18,24,29,31,36H,4-5,8,16-17,19-20H2,1-3H3. The highest BCUT2D eigenvalue weighted by Crippen LogP contribution is 2.35. The number of aromatic nitrogens is 1. The monoisotopic (exact) mass is 536 g/mol. The quantitative estimate of drug-likeness (QED) is 0.266. The number of halogens is 1. The number of benzene rings is 2. The Bertz CT molecular complexity index is 1190. The van der Waals surface area contributed by atoms with Gasteiger partial charge in [-0.3, -0.25) is 14.7 Å². The third kappa shape index (κ3) is 6.73. The maximum Gasteiger partial charge on any atom is 0.163 e. The summed E-state index contributed by atoms with van der Waals surface area (Å²) in [5, 5.41) is 11.4. The Morgan fingerprint density at radius 1 is 1.11 bits per heavy atom. The van der Waals surface area contributed by atoms with Gasteiger partial charge in [-0.25, -0.2) is 0 Å². The Labute approximate surface area is 230 Å². The van der Waals surface area contributed by atoms with Crippen LogP contribution >= 0.6 is 11.6 Å². The van der Waals surface area contributed by atoms with Crippen molar-refractivity contribution < 1.29 is 19.4 Å². The van der Waals surface area contributed by atoms with E-state index in [2.05, 4.69) is 16.8 Å². The smallest absolute Gasteiger partial charge is 0.163 e. The van der Waals surface area contributed by atoms with Gasteiger partial charge in [0.1, 0.15) is 17.6 Å². The fraction of sp³-hybridized carbons (Fsp3) is 0.419. The van der Waals surface area contributed by atoms with E-state index >= 15 is 0 Å². The van der Waals surface area contributed by atoms with Crippen molar-refractivity contribution in [3.05, 3.63) is 88.2 Å². The van der Waals surface area contributed by atoms with Crippen LogP contribution in [0.5, 0.6) is 11.5 Å². The molecule has 0 aliphatic carbocycles. The minimum absolute atomic E-state index is 0.0431. The van der Waals surface area contributed by atoms with Gasteiger partial charge < -0.3 is 14.6 Å². The molecule has 202 valence electrons. The summed E-state index contributed by atoms with van der Waals surface area (Å²) in [7, 11) is 0. The number of ketones is 1. The van der Waals surface area contributed by atoms with Crippen LogP contribution in [0.3, 0.4) is 0 Å². The Hall–Kier alpha value is -2.93. The molecule has 4 rings (SSSR count). The molecule has 2 unspecified atom stereocenters. The summed E-state index contributed by atoms with van der Waals surface area (Å²) >= 11 is 6.13. The Balaban J connectivity index is 1.44. The summed E-state index contributed by atoms with van der Waals surface area (Å²) in [5.74, 6) is 0.544. The number of carbonyl (C=O) groups is 1. The number of pyridine rings is 1. The van der Waals surface area contributed by atoms with E-state index in [0.29, 0.717) is 28.3 Å². The zero-order valence-corrected chi connectivity index (χ0v) is 23.2. The van der Waals surface area contributed by atoms with Gasteiger partial charge >= 0.3 is 0 Å². The molecule has 2 aromatic carbocycles. The van der Waals surface area contributed by atoms with E-state index in [1.807, 2.05) is 55.5 Å². The number of phenols is 1. The van der Waals surface area contributed by atoms with E-state index < -0.39 is 0 Å². The van der Waals surface area contributed by atoms with Crippen LogP contribution in [0.1, 0.15) is 79.7 Å². The minimum Gasteiger partial charge on any atom is -0.507 e. The first-order valence-corrected chi connectivity index (χ1v) is 13.9. The van der Waals surface area contributed by atoms with E-state index in [1.165, 1.54) is 6.92 Å². The number of aromatic hydroxyl groups is 1. The highest BCUT2D eigenvalue weighted by molar-refractivity contribution is 6.30. The van der Waals surface area contributed by atoms with Crippen LogP contribution in [0.4, 0.5) is 0 Å². The van der Waals surface area contributed by atoms with E-state index in [4.69, 9.17) is 21.1 Å². The molecular formula is C31H37ClN2O4. The number of Topliss-reactive ketones (excluding diaryl/α,β-unsaturated/α-hetero) is 1. The molecule has 1 aromatic heterocycles. The van der Waals surface area contributed by atoms with Crippen molar-refractivity contribution in [2.45, 2.75) is 71.3 Å². The molecule has 1 saturated heterocycles. The molecule has 1 N–H and O–H groups in total. The van der Waals surface area contributed by atoms with Crippen LogP contribution in [-0.2, 0) is 11.2 Å². The third-order valence-electron chi connectivity index (χ3n) is 7.07. The number of hydrogen-bond donors (Lipinski definition) is 1. The van der Waals surface area contributed by atoms with Crippen molar-refractivity contribution in [2.24, 2.45) is 0 Å². The number of nitrogens with zero attached hydrogens (tertiary/aromatic N) is 2. The average Bonchev–Trinajstić information content (AvgIpc) is 2.93. The molecule has 1 fully saturated rings. The predicted octanol–water partition coefficient (Wildman–Crippen LogP) is 6.98. The maximum absolute atomic E-state index is 11.9. The lowest BCUT2D eigenvalue weighted by Gasteiger charge is -2.38. The molecule has 2 heterocycles. The lowest BCUT2D eigenvalue weighted by molar-refractivity contribution is -0.0613. The number of piperidine rings is 1. The van der Waals surface area contributed by atoms with Crippen molar-refractivity contribution in [2.75, 3.05) is 13.1 Å². The Morgan fingerprint density at radius 3 is 2.45 bits per heavy atom. The van der Waals surface area contributed by atoms with Crippen molar-refractivity contribution in [3.8, 4) is 11.5 Å². The van der Waals surface area contributed by atoms with Crippen LogP contribution in [0.2, 0.25) is 5.02 Å². The number of phenolic OH excluding ortho intramolecular Hbond substituents is 1. The largest absolute Gasteiger partial charge is 0.507 e. The summed E-state index contributed by atoms with van der Waals surface area (Å²) in [5.41, 5.74) is 2.96. The van der Waals surface area contributed by atoms with Crippen LogP contribution in [0, 0.1) is 0 Å². The summed E-state index contributed by atoms with van der Waals surface area (Å²) in [4.78, 5) is 18.8. The second-order valence-electron chi connectivity index (χ2n) is 9.78. The summed E-state index contributed by atoms with van der Waals surface area (Å²) < 4.78 is 13.1. The second kappa shape index (κ2) is 13.2. The fourth-order valence-corrected chi connectivity index (χ4v) is 5.17. The van der Waals surface area contributed by atoms with Crippen LogP contribution in [0.25, 0.3) is 0 Å². The molecule has 38 heavy (non-hydrogen) atoms. The van der Waals surface area contributed by atoms with Gasteiger partial charge in [0.25, 0.3) is 0 Å². The molecule has 0 saturated carbocycles. The van der Waals surface area contributed by atoms with Gasteiger partial charge in [-0.15, -0.1) is 0 Å². The highest BCUT2D eigenvalue weighted by Gasteiger charge is 2.29. The van der Waals surface area contributed by atoms with Crippen molar-refractivity contribution in [1.82, 2.24) is 9.88 Å². The van der Waals surface area contributed by atoms with Gasteiger partial charge in [0.05, 0.1) is 17.4 Å². The maximum atomic E-state index is 11.9. The first-order chi connectivity index (χ1) is 18.4. The van der Waals surface area contributed by atoms with Gasteiger partial charge in [0, 0.05) is 29.9 Å².